The lowest BCUT2D eigenvalue weighted by Gasteiger charge is -2.46. The summed E-state index contributed by atoms with van der Waals surface area (Å²) in [6, 6.07) is 2.96. The predicted octanol–water partition coefficient (Wildman–Crippen LogP) is 8.26. The van der Waals surface area contributed by atoms with E-state index in [-0.39, 0.29) is 42.4 Å². The molecular weight excluding hydrogens is 821 g/mol. The van der Waals surface area contributed by atoms with Crippen LogP contribution in [0.3, 0.4) is 0 Å². The van der Waals surface area contributed by atoms with Crippen molar-refractivity contribution in [2.45, 2.75) is 182 Å². The summed E-state index contributed by atoms with van der Waals surface area (Å²) in [6.07, 6.45) is 5.09. The van der Waals surface area contributed by atoms with Crippen LogP contribution in [0.15, 0.2) is 37.1 Å². The van der Waals surface area contributed by atoms with Gasteiger partial charge in [0.1, 0.15) is 23.9 Å². The van der Waals surface area contributed by atoms with Gasteiger partial charge in [0.05, 0.1) is 36.9 Å². The quantitative estimate of drug-likeness (QED) is 0.0939. The maximum Gasteiger partial charge on any atom is 0.411 e. The number of aliphatic hydroxyl groups is 1. The zero-order valence-electron chi connectivity index (χ0n) is 40.4. The van der Waals surface area contributed by atoms with Crippen LogP contribution in [-0.4, -0.2) is 112 Å². The van der Waals surface area contributed by atoms with Gasteiger partial charge in [-0.25, -0.2) is 9.78 Å². The first kappa shape index (κ1) is 50.5. The number of ether oxygens (including phenoxy) is 4. The first-order valence-electron chi connectivity index (χ1n) is 23.2. The Morgan fingerprint density at radius 3 is 2.30 bits per heavy atom. The zero-order chi connectivity index (χ0) is 46.8. The monoisotopic (exact) mass is 897 g/mol. The molecule has 12 atom stereocenters. The van der Waals surface area contributed by atoms with Gasteiger partial charge in [0.25, 0.3) is 0 Å². The maximum absolute atomic E-state index is 15.1. The highest BCUT2D eigenvalue weighted by Gasteiger charge is 2.63. The van der Waals surface area contributed by atoms with Crippen LogP contribution in [0.5, 0.6) is 0 Å². The minimum Gasteiger partial charge on any atom is -0.457 e. The summed E-state index contributed by atoms with van der Waals surface area (Å²) in [6.45, 7) is 28.0. The summed E-state index contributed by atoms with van der Waals surface area (Å²) >= 11 is 0. The van der Waals surface area contributed by atoms with Gasteiger partial charge in [-0.3, -0.25) is 19.4 Å². The van der Waals surface area contributed by atoms with Crippen LogP contribution in [0.1, 0.15) is 115 Å². The second-order valence-corrected chi connectivity index (χ2v) is 25.9. The van der Waals surface area contributed by atoms with Crippen molar-refractivity contribution in [2.75, 3.05) is 13.2 Å². The number of aromatic nitrogens is 3. The molecule has 3 aliphatic heterocycles. The molecule has 0 spiro atoms. The normalized spacial score (nSPS) is 33.7. The smallest absolute Gasteiger partial charge is 0.411 e. The second-order valence-electron chi connectivity index (χ2n) is 21.1. The van der Waals surface area contributed by atoms with Gasteiger partial charge in [-0.05, 0) is 87.5 Å². The van der Waals surface area contributed by atoms with Crippen LogP contribution in [-0.2, 0) is 44.3 Å². The molecule has 0 saturated carbocycles. The number of carbonyl (C=O) groups is 4. The van der Waals surface area contributed by atoms with Gasteiger partial charge in [0.2, 0.25) is 0 Å². The van der Waals surface area contributed by atoms with Gasteiger partial charge >= 0.3 is 12.1 Å². The predicted molar refractivity (Wildman–Crippen MR) is 242 cm³/mol. The summed E-state index contributed by atoms with van der Waals surface area (Å²) in [7, 11) is -2.52. The van der Waals surface area contributed by atoms with Crippen LogP contribution < -0.4 is 0 Å². The number of hydrogen-bond donors (Lipinski definition) is 1. The summed E-state index contributed by atoms with van der Waals surface area (Å²) in [4.78, 5) is 68.9. The van der Waals surface area contributed by atoms with Crippen molar-refractivity contribution in [3.63, 3.8) is 0 Å². The molecular formula is C48H76N4O10Si. The Kier molecular flexibility index (Phi) is 16.0. The number of carbonyl (C=O) groups excluding carboxylic acids is 4. The van der Waals surface area contributed by atoms with E-state index >= 15 is 4.79 Å². The Labute approximate surface area is 376 Å². The van der Waals surface area contributed by atoms with E-state index in [1.54, 1.807) is 30.5 Å². The molecule has 15 heteroatoms. The molecule has 0 radical (unpaired) electrons. The minimum absolute atomic E-state index is 0.0962. The largest absolute Gasteiger partial charge is 0.457 e. The Hall–Kier alpha value is -3.50. The van der Waals surface area contributed by atoms with Crippen molar-refractivity contribution >= 4 is 31.9 Å². The topological polar surface area (TPSA) is 169 Å². The first-order valence-corrected chi connectivity index (χ1v) is 26.1. The lowest BCUT2D eigenvalue weighted by molar-refractivity contribution is -0.284. The molecule has 0 aromatic carbocycles. The highest BCUT2D eigenvalue weighted by Crippen LogP contribution is 2.46. The van der Waals surface area contributed by atoms with Crippen LogP contribution in [0.4, 0.5) is 4.79 Å². The van der Waals surface area contributed by atoms with Gasteiger partial charge < -0.3 is 37.9 Å². The van der Waals surface area contributed by atoms with E-state index < -0.39 is 91.5 Å². The molecule has 5 heterocycles. The Morgan fingerprint density at radius 1 is 0.984 bits per heavy atom. The standard InChI is InChI=1S/C48H76N4O10Si/c1-15-37-48(27-58-63(13,14)46(8,9)10)41(52(45(57)62-48)22-17-16-21-51-26-36(50-28-51)35-19-18-20-49-25-35)32(5)38(53)30(3)24-47(11,12)42(33(6)40(55)34(7)43(56)60-37)61-44-39(54)29(2)23-31(4)59-44/h18-20,25-26,28-34,37,39,41-42,44,54H,15-17,21-24,27H2,1-14H3/t29-,30+,31+,32-,33-,34+,37+,39+,41+,42+,44-,48+/m0/s1. The van der Waals surface area contributed by atoms with Crippen molar-refractivity contribution in [1.82, 2.24) is 19.4 Å². The highest BCUT2D eigenvalue weighted by molar-refractivity contribution is 6.74. The summed E-state index contributed by atoms with van der Waals surface area (Å²) in [5, 5.41) is 11.0. The second kappa shape index (κ2) is 19.9. The molecule has 0 bridgehead atoms. The molecule has 14 nitrogen and oxygen atoms in total. The maximum atomic E-state index is 15.1. The Balaban J connectivity index is 1.53. The number of pyridine rings is 1. The van der Waals surface area contributed by atoms with E-state index in [0.717, 1.165) is 11.3 Å². The number of imidazole rings is 1. The molecule has 2 aromatic heterocycles. The van der Waals surface area contributed by atoms with Crippen molar-refractivity contribution in [3.05, 3.63) is 37.1 Å². The number of amides is 1. The van der Waals surface area contributed by atoms with Crippen molar-refractivity contribution in [1.29, 1.82) is 0 Å². The number of esters is 1. The van der Waals surface area contributed by atoms with E-state index in [0.29, 0.717) is 32.2 Å². The van der Waals surface area contributed by atoms with Gasteiger partial charge in [-0.1, -0.05) is 69.2 Å². The third kappa shape index (κ3) is 11.0. The van der Waals surface area contributed by atoms with E-state index in [9.17, 15) is 19.5 Å². The van der Waals surface area contributed by atoms with Gasteiger partial charge in [-0.2, -0.15) is 0 Å². The summed E-state index contributed by atoms with van der Waals surface area (Å²) in [5.41, 5.74) is -0.669. The van der Waals surface area contributed by atoms with Crippen molar-refractivity contribution in [2.24, 2.45) is 35.0 Å². The number of aliphatic hydroxyl groups excluding tert-OH is 1. The fourth-order valence-electron chi connectivity index (χ4n) is 9.85. The average molecular weight is 897 g/mol. The van der Waals surface area contributed by atoms with E-state index in [4.69, 9.17) is 23.4 Å². The average Bonchev–Trinajstić information content (AvgIpc) is 3.81. The fourth-order valence-corrected chi connectivity index (χ4v) is 10.9. The van der Waals surface area contributed by atoms with Crippen molar-refractivity contribution in [3.8, 4) is 11.3 Å². The molecule has 2 aromatic rings. The lowest BCUT2D eigenvalue weighted by Crippen LogP contribution is -2.63. The third-order valence-corrected chi connectivity index (χ3v) is 19.0. The molecule has 3 aliphatic rings. The SMILES string of the molecule is CC[C@H]1OC(=O)[C@H](C)C(=O)[C@H](C)[C@@H](O[C@@H]2O[C@H](C)C[C@H](C)[C@H]2O)C(C)(C)C[C@@H](C)C(=O)[C@H](C)[C@H]2N(CCCCn3cnc(-c4cccnc4)c3)C(=O)O[C@]12CO[Si](C)(C)C(C)(C)C. The zero-order valence-corrected chi connectivity index (χ0v) is 41.4. The molecule has 0 unspecified atom stereocenters. The summed E-state index contributed by atoms with van der Waals surface area (Å²) < 4.78 is 34.6. The number of nitrogens with zero attached hydrogens (tertiary/aromatic N) is 4. The van der Waals surface area contributed by atoms with Crippen LogP contribution in [0.25, 0.3) is 11.3 Å². The van der Waals surface area contributed by atoms with Gasteiger partial charge in [-0.15, -0.1) is 0 Å². The van der Waals surface area contributed by atoms with Gasteiger partial charge in [0.15, 0.2) is 26.0 Å². The minimum atomic E-state index is -2.52. The van der Waals surface area contributed by atoms with Crippen LogP contribution in [0.2, 0.25) is 18.1 Å². The summed E-state index contributed by atoms with van der Waals surface area (Å²) in [5.74, 6) is -4.77. The van der Waals surface area contributed by atoms with E-state index in [1.165, 1.54) is 6.92 Å². The molecule has 3 fully saturated rings. The number of aryl methyl sites for hydroxylation is 1. The third-order valence-electron chi connectivity index (χ3n) is 14.5. The molecule has 1 amide bonds. The Bertz CT molecular complexity index is 1900. The number of cyclic esters (lactones) is 1. The molecule has 352 valence electrons. The molecule has 63 heavy (non-hydrogen) atoms. The fraction of sp³-hybridized carbons (Fsp3) is 0.750. The number of rotatable bonds is 12. The number of fused-ring (bicyclic) bond motifs is 1. The van der Waals surface area contributed by atoms with Crippen LogP contribution >= 0.6 is 0 Å². The molecule has 1 N–H and O–H groups in total. The lowest BCUT2D eigenvalue weighted by atomic mass is 9.69. The van der Waals surface area contributed by atoms with Crippen LogP contribution in [0, 0.1) is 35.0 Å². The van der Waals surface area contributed by atoms with E-state index in [2.05, 4.69) is 43.8 Å². The number of Topliss-reactive ketones (excluding diaryl/α,β-unsaturated/α-hetero) is 2. The number of ketones is 2. The number of hydrogen-bond acceptors (Lipinski definition) is 12. The molecule has 3 saturated heterocycles. The first-order chi connectivity index (χ1) is 29.3. The van der Waals surface area contributed by atoms with Gasteiger partial charge in [0, 0.05) is 55.0 Å². The van der Waals surface area contributed by atoms with E-state index in [1.807, 2.05) is 71.4 Å². The highest BCUT2D eigenvalue weighted by atomic mass is 28.4. The Morgan fingerprint density at radius 2 is 1.67 bits per heavy atom. The number of unbranched alkanes of at least 4 members (excludes halogenated alkanes) is 1. The molecule has 5 rings (SSSR count). The van der Waals surface area contributed by atoms with Crippen molar-refractivity contribution < 1.29 is 47.7 Å². The molecule has 0 aliphatic carbocycles.